The molecule has 0 radical (unpaired) electrons. The van der Waals surface area contributed by atoms with Gasteiger partial charge in [-0.1, -0.05) is 19.9 Å². The minimum Gasteiger partial charge on any atom is -0.481 e. The van der Waals surface area contributed by atoms with Crippen LogP contribution in [0.25, 0.3) is 10.9 Å². The summed E-state index contributed by atoms with van der Waals surface area (Å²) in [5.41, 5.74) is 1.66. The van der Waals surface area contributed by atoms with Gasteiger partial charge >= 0.3 is 0 Å². The van der Waals surface area contributed by atoms with Gasteiger partial charge in [0, 0.05) is 51.2 Å². The van der Waals surface area contributed by atoms with Gasteiger partial charge in [0.05, 0.1) is 30.5 Å². The molecule has 12 nitrogen and oxygen atoms in total. The molecule has 5 rings (SSSR count). The lowest BCUT2D eigenvalue weighted by Gasteiger charge is -2.44. The molecule has 4 heterocycles. The SMILES string of the molecule is CC(=O)O.CC(C)C1CN(c2ccc(N3CCOCC3)nn2)CCN1C(=Nc1cccc2ncccc12)NC#N. The first-order valence-electron chi connectivity index (χ1n) is 13.3. The van der Waals surface area contributed by atoms with Crippen LogP contribution in [0.2, 0.25) is 0 Å². The predicted molar refractivity (Wildman–Crippen MR) is 154 cm³/mol. The van der Waals surface area contributed by atoms with Gasteiger partial charge in [-0.05, 0) is 42.3 Å². The van der Waals surface area contributed by atoms with Crippen LogP contribution in [0, 0.1) is 17.4 Å². The van der Waals surface area contributed by atoms with E-state index in [4.69, 9.17) is 19.6 Å². The lowest BCUT2D eigenvalue weighted by molar-refractivity contribution is -0.134. The van der Waals surface area contributed by atoms with E-state index >= 15 is 0 Å². The number of hydrogen-bond donors (Lipinski definition) is 2. The lowest BCUT2D eigenvalue weighted by Crippen LogP contribution is -2.59. The molecule has 2 aromatic heterocycles. The van der Waals surface area contributed by atoms with Crippen LogP contribution in [0.15, 0.2) is 53.7 Å². The molecule has 0 amide bonds. The first kappa shape index (κ1) is 28.5. The van der Waals surface area contributed by atoms with E-state index in [1.54, 1.807) is 6.20 Å². The smallest absolute Gasteiger partial charge is 0.300 e. The number of hydrogen-bond acceptors (Lipinski definition) is 9. The van der Waals surface area contributed by atoms with Gasteiger partial charge in [0.1, 0.15) is 0 Å². The molecule has 2 N–H and O–H groups in total. The van der Waals surface area contributed by atoms with E-state index in [1.165, 1.54) is 0 Å². The maximum Gasteiger partial charge on any atom is 0.300 e. The van der Waals surface area contributed by atoms with E-state index < -0.39 is 5.97 Å². The largest absolute Gasteiger partial charge is 0.481 e. The highest BCUT2D eigenvalue weighted by Crippen LogP contribution is 2.27. The second kappa shape index (κ2) is 13.5. The number of guanidine groups is 1. The molecular formula is C28H35N9O3. The van der Waals surface area contributed by atoms with Crippen LogP contribution < -0.4 is 15.1 Å². The highest BCUT2D eigenvalue weighted by atomic mass is 16.5. The molecule has 0 bridgehead atoms. The Morgan fingerprint density at radius 1 is 1.07 bits per heavy atom. The molecule has 1 unspecified atom stereocenters. The highest BCUT2D eigenvalue weighted by molar-refractivity contribution is 5.94. The Morgan fingerprint density at radius 3 is 2.42 bits per heavy atom. The molecule has 2 saturated heterocycles. The Kier molecular flexibility index (Phi) is 9.64. The molecule has 12 heteroatoms. The van der Waals surface area contributed by atoms with Crippen molar-refractivity contribution in [2.24, 2.45) is 10.9 Å². The fraction of sp³-hybridized carbons (Fsp3) is 0.429. The fourth-order valence-electron chi connectivity index (χ4n) is 4.81. The Balaban J connectivity index is 0.000000867. The van der Waals surface area contributed by atoms with E-state index in [-0.39, 0.29) is 6.04 Å². The molecule has 0 spiro atoms. The molecule has 40 heavy (non-hydrogen) atoms. The molecule has 0 aliphatic carbocycles. The number of benzene rings is 1. The number of carbonyl (C=O) groups is 1. The lowest BCUT2D eigenvalue weighted by atomic mass is 9.99. The number of anilines is 2. The number of rotatable bonds is 4. The molecule has 2 aliphatic rings. The van der Waals surface area contributed by atoms with Gasteiger partial charge in [0.15, 0.2) is 17.8 Å². The van der Waals surface area contributed by atoms with Gasteiger partial charge in [-0.3, -0.25) is 15.1 Å². The van der Waals surface area contributed by atoms with Crippen molar-refractivity contribution in [1.82, 2.24) is 25.4 Å². The molecule has 2 fully saturated rings. The number of nitrogens with zero attached hydrogens (tertiary/aromatic N) is 8. The van der Waals surface area contributed by atoms with Crippen molar-refractivity contribution in [1.29, 1.82) is 5.26 Å². The molecule has 1 aromatic carbocycles. The summed E-state index contributed by atoms with van der Waals surface area (Å²) < 4.78 is 5.44. The first-order valence-corrected chi connectivity index (χ1v) is 13.3. The summed E-state index contributed by atoms with van der Waals surface area (Å²) in [5, 5.41) is 29.8. The normalized spacial score (nSPS) is 17.7. The standard InChI is InChI=1S/C26H31N9O.C2H4O2/c1-19(2)23-17-34(25-9-8-24(31-32-25)33-13-15-36-16-14-33)11-12-35(23)26(29-18-27)30-22-7-3-6-21-20(22)5-4-10-28-21;1-2(3)4/h3-10,19,23H,11-17H2,1-2H3,(H,29,30);1H3,(H,3,4). The van der Waals surface area contributed by atoms with Gasteiger partial charge in [-0.2, -0.15) is 5.26 Å². The number of pyridine rings is 1. The molecule has 0 saturated carbocycles. The zero-order valence-corrected chi connectivity index (χ0v) is 23.1. The number of nitrogens with one attached hydrogen (secondary N) is 1. The Hall–Kier alpha value is -4.50. The van der Waals surface area contributed by atoms with E-state index in [2.05, 4.69) is 61.3 Å². The second-order valence-corrected chi connectivity index (χ2v) is 9.84. The minimum absolute atomic E-state index is 0.132. The third-order valence-corrected chi connectivity index (χ3v) is 6.77. The average molecular weight is 546 g/mol. The maximum absolute atomic E-state index is 9.53. The Labute approximate surface area is 233 Å². The van der Waals surface area contributed by atoms with Crippen LogP contribution in [0.3, 0.4) is 0 Å². The fourth-order valence-corrected chi connectivity index (χ4v) is 4.81. The first-order chi connectivity index (χ1) is 19.4. The second-order valence-electron chi connectivity index (χ2n) is 9.84. The average Bonchev–Trinajstić information content (AvgIpc) is 2.97. The molecular weight excluding hydrogens is 510 g/mol. The summed E-state index contributed by atoms with van der Waals surface area (Å²) in [6.07, 6.45) is 3.86. The van der Waals surface area contributed by atoms with Crippen LogP contribution in [-0.2, 0) is 9.53 Å². The van der Waals surface area contributed by atoms with E-state index in [0.29, 0.717) is 18.4 Å². The van der Waals surface area contributed by atoms with Gasteiger partial charge in [0.25, 0.3) is 5.97 Å². The number of carboxylic acids is 1. The summed E-state index contributed by atoms with van der Waals surface area (Å²) in [5.74, 6) is 1.80. The van der Waals surface area contributed by atoms with Crippen LogP contribution in [0.4, 0.5) is 17.3 Å². The monoisotopic (exact) mass is 545 g/mol. The van der Waals surface area contributed by atoms with Gasteiger partial charge < -0.3 is 24.5 Å². The number of piperazine rings is 1. The number of ether oxygens (including phenoxy) is 1. The number of aromatic nitrogens is 3. The third kappa shape index (κ3) is 7.12. The highest BCUT2D eigenvalue weighted by Gasteiger charge is 2.32. The number of nitriles is 1. The van der Waals surface area contributed by atoms with Crippen LogP contribution in [-0.4, -0.2) is 89.1 Å². The number of fused-ring (bicyclic) bond motifs is 1. The summed E-state index contributed by atoms with van der Waals surface area (Å²) >= 11 is 0. The van der Waals surface area contributed by atoms with Crippen molar-refractivity contribution in [2.75, 3.05) is 55.7 Å². The number of aliphatic imine (C=N–C) groups is 1. The molecule has 210 valence electrons. The minimum atomic E-state index is -0.833. The summed E-state index contributed by atoms with van der Waals surface area (Å²) in [6.45, 7) is 10.8. The van der Waals surface area contributed by atoms with E-state index in [1.807, 2.05) is 36.4 Å². The summed E-state index contributed by atoms with van der Waals surface area (Å²) in [7, 11) is 0. The summed E-state index contributed by atoms with van der Waals surface area (Å²) in [6, 6.07) is 14.0. The topological polar surface area (TPSA) is 143 Å². The van der Waals surface area contributed by atoms with Crippen molar-refractivity contribution < 1.29 is 14.6 Å². The van der Waals surface area contributed by atoms with Crippen molar-refractivity contribution in [3.8, 4) is 6.19 Å². The molecule has 2 aliphatic heterocycles. The molecule has 1 atom stereocenters. The number of carboxylic acid groups (broad SMARTS) is 1. The van der Waals surface area contributed by atoms with E-state index in [0.717, 1.165) is 74.5 Å². The van der Waals surface area contributed by atoms with Gasteiger partial charge in [-0.25, -0.2) is 4.99 Å². The van der Waals surface area contributed by atoms with Crippen LogP contribution in [0.1, 0.15) is 20.8 Å². The van der Waals surface area contributed by atoms with Crippen molar-refractivity contribution >= 4 is 40.2 Å². The summed E-state index contributed by atoms with van der Waals surface area (Å²) in [4.78, 5) is 25.0. The van der Waals surface area contributed by atoms with Crippen molar-refractivity contribution in [3.63, 3.8) is 0 Å². The third-order valence-electron chi connectivity index (χ3n) is 6.77. The Bertz CT molecular complexity index is 1340. The maximum atomic E-state index is 9.53. The molecule has 3 aromatic rings. The predicted octanol–water partition coefficient (Wildman–Crippen LogP) is 2.86. The Morgan fingerprint density at radius 2 is 1.77 bits per heavy atom. The van der Waals surface area contributed by atoms with Crippen LogP contribution in [0.5, 0.6) is 0 Å². The quantitative estimate of drug-likeness (QED) is 0.216. The zero-order chi connectivity index (χ0) is 28.5. The van der Waals surface area contributed by atoms with Gasteiger partial charge in [0.2, 0.25) is 5.96 Å². The van der Waals surface area contributed by atoms with Crippen molar-refractivity contribution in [3.05, 3.63) is 48.7 Å². The number of aliphatic carboxylic acids is 1. The number of morpholine rings is 1. The zero-order valence-electron chi connectivity index (χ0n) is 23.1. The van der Waals surface area contributed by atoms with E-state index in [9.17, 15) is 5.26 Å². The van der Waals surface area contributed by atoms with Crippen LogP contribution >= 0.6 is 0 Å². The van der Waals surface area contributed by atoms with Gasteiger partial charge in [-0.15, -0.1) is 10.2 Å². The van der Waals surface area contributed by atoms with Crippen molar-refractivity contribution in [2.45, 2.75) is 26.8 Å².